The highest BCUT2D eigenvalue weighted by molar-refractivity contribution is 7.90. The van der Waals surface area contributed by atoms with Crippen LogP contribution in [0.4, 0.5) is 0 Å². The lowest BCUT2D eigenvalue weighted by molar-refractivity contribution is 0.0984. The normalized spacial score (nSPS) is 11.4. The van der Waals surface area contributed by atoms with Crippen LogP contribution >= 0.6 is 11.6 Å². The van der Waals surface area contributed by atoms with Crippen LogP contribution in [0.1, 0.15) is 16.1 Å². The molecule has 0 aliphatic rings. The second-order valence-corrected chi connectivity index (χ2v) is 6.67. The van der Waals surface area contributed by atoms with Crippen molar-refractivity contribution in [2.45, 2.75) is 11.3 Å². The summed E-state index contributed by atoms with van der Waals surface area (Å²) >= 11 is 6.10. The molecule has 2 aromatic rings. The van der Waals surface area contributed by atoms with E-state index in [0.29, 0.717) is 5.76 Å². The average molecular weight is 330 g/mol. The number of Topliss-reactive ketones (excluding diaryl/α,β-unsaturated/α-hetero) is 1. The zero-order valence-electron chi connectivity index (χ0n) is 11.3. The van der Waals surface area contributed by atoms with Crippen LogP contribution in [0.3, 0.4) is 0 Å². The van der Waals surface area contributed by atoms with Crippen molar-refractivity contribution in [3.05, 3.63) is 40.7 Å². The van der Waals surface area contributed by atoms with Crippen LogP contribution in [0.2, 0.25) is 5.02 Å². The molecular weight excluding hydrogens is 318 g/mol. The number of carbonyl (C=O) groups is 1. The largest absolute Gasteiger partial charge is 0.494 e. The first-order chi connectivity index (χ1) is 9.84. The van der Waals surface area contributed by atoms with Gasteiger partial charge in [-0.2, -0.15) is 0 Å². The van der Waals surface area contributed by atoms with Gasteiger partial charge in [0, 0.05) is 17.9 Å². The minimum Gasteiger partial charge on any atom is -0.494 e. The fraction of sp³-hybridized carbons (Fsp3) is 0.231. The van der Waals surface area contributed by atoms with Crippen molar-refractivity contribution < 1.29 is 22.5 Å². The van der Waals surface area contributed by atoms with Gasteiger partial charge in [-0.1, -0.05) is 16.8 Å². The zero-order valence-corrected chi connectivity index (χ0v) is 12.9. The molecule has 21 heavy (non-hydrogen) atoms. The maximum atomic E-state index is 12.2. The van der Waals surface area contributed by atoms with Gasteiger partial charge in [-0.15, -0.1) is 0 Å². The summed E-state index contributed by atoms with van der Waals surface area (Å²) in [5.74, 6) is 0.0277. The van der Waals surface area contributed by atoms with E-state index in [1.807, 2.05) is 0 Å². The van der Waals surface area contributed by atoms with Gasteiger partial charge in [-0.05, 0) is 12.1 Å². The van der Waals surface area contributed by atoms with E-state index in [0.717, 1.165) is 6.26 Å². The van der Waals surface area contributed by atoms with Crippen molar-refractivity contribution in [3.8, 4) is 5.75 Å². The second kappa shape index (κ2) is 5.87. The Bertz CT molecular complexity index is 768. The number of hydrogen-bond donors (Lipinski definition) is 0. The van der Waals surface area contributed by atoms with Crippen LogP contribution in [-0.2, 0) is 16.3 Å². The highest BCUT2D eigenvalue weighted by atomic mass is 35.5. The van der Waals surface area contributed by atoms with E-state index >= 15 is 0 Å². The number of benzene rings is 1. The van der Waals surface area contributed by atoms with Crippen molar-refractivity contribution in [2.75, 3.05) is 13.4 Å². The van der Waals surface area contributed by atoms with Gasteiger partial charge >= 0.3 is 0 Å². The van der Waals surface area contributed by atoms with Crippen LogP contribution in [0.5, 0.6) is 5.75 Å². The molecule has 0 spiro atoms. The first-order valence-electron chi connectivity index (χ1n) is 5.84. The second-order valence-electron chi connectivity index (χ2n) is 4.31. The zero-order chi connectivity index (χ0) is 15.6. The topological polar surface area (TPSA) is 86.5 Å². The number of methoxy groups -OCH3 is 1. The Hall–Kier alpha value is -1.86. The fourth-order valence-electron chi connectivity index (χ4n) is 1.82. The van der Waals surface area contributed by atoms with Gasteiger partial charge in [0.05, 0.1) is 24.8 Å². The number of ether oxygens (including phenoxy) is 1. The summed E-state index contributed by atoms with van der Waals surface area (Å²) in [6.07, 6.45) is 2.44. The summed E-state index contributed by atoms with van der Waals surface area (Å²) < 4.78 is 33.2. The number of ketones is 1. The van der Waals surface area contributed by atoms with Gasteiger partial charge in [0.15, 0.2) is 21.4 Å². The molecule has 0 N–H and O–H groups in total. The molecule has 112 valence electrons. The molecule has 0 aliphatic heterocycles. The predicted molar refractivity (Wildman–Crippen MR) is 75.7 cm³/mol. The molecule has 1 heterocycles. The third kappa shape index (κ3) is 3.25. The lowest BCUT2D eigenvalue weighted by atomic mass is 10.1. The first kappa shape index (κ1) is 15.5. The van der Waals surface area contributed by atoms with E-state index in [-0.39, 0.29) is 33.4 Å². The van der Waals surface area contributed by atoms with E-state index in [4.69, 9.17) is 20.9 Å². The molecule has 0 aliphatic carbocycles. The molecule has 8 heteroatoms. The van der Waals surface area contributed by atoms with Crippen molar-refractivity contribution in [1.29, 1.82) is 0 Å². The number of aromatic nitrogens is 1. The van der Waals surface area contributed by atoms with Gasteiger partial charge in [-0.25, -0.2) is 8.42 Å². The molecule has 0 atom stereocenters. The van der Waals surface area contributed by atoms with Crippen LogP contribution in [0.25, 0.3) is 0 Å². The molecule has 6 nitrogen and oxygen atoms in total. The van der Waals surface area contributed by atoms with Gasteiger partial charge in [0.2, 0.25) is 0 Å². The van der Waals surface area contributed by atoms with Crippen molar-refractivity contribution in [2.24, 2.45) is 0 Å². The lowest BCUT2D eigenvalue weighted by Crippen LogP contribution is -2.08. The number of nitrogens with zero attached hydrogens (tertiary/aromatic N) is 1. The van der Waals surface area contributed by atoms with E-state index < -0.39 is 9.84 Å². The number of carbonyl (C=O) groups excluding carboxylic acids is 1. The summed E-state index contributed by atoms with van der Waals surface area (Å²) in [5.41, 5.74) is 0.164. The summed E-state index contributed by atoms with van der Waals surface area (Å²) in [6, 6.07) is 4.22. The molecule has 0 radical (unpaired) electrons. The standard InChI is InChI=1S/C13H12ClNO5S/c1-19-13-11(21(2,17)18)4-3-9(12(13)14)10(16)7-8-5-6-15-20-8/h3-6H,7H2,1-2H3. The average Bonchev–Trinajstić information content (AvgIpc) is 2.89. The molecule has 0 saturated heterocycles. The molecule has 1 aromatic heterocycles. The fourth-order valence-corrected chi connectivity index (χ4v) is 3.06. The van der Waals surface area contributed by atoms with Crippen LogP contribution in [-0.4, -0.2) is 32.7 Å². The molecular formula is C13H12ClNO5S. The van der Waals surface area contributed by atoms with Gasteiger partial charge in [0.1, 0.15) is 10.7 Å². The van der Waals surface area contributed by atoms with Crippen molar-refractivity contribution in [3.63, 3.8) is 0 Å². The Morgan fingerprint density at radius 1 is 1.38 bits per heavy atom. The third-order valence-corrected chi connectivity index (χ3v) is 4.29. The number of hydrogen-bond acceptors (Lipinski definition) is 6. The molecule has 2 rings (SSSR count). The number of sulfone groups is 1. The van der Waals surface area contributed by atoms with E-state index in [1.54, 1.807) is 6.07 Å². The van der Waals surface area contributed by atoms with E-state index in [9.17, 15) is 13.2 Å². The molecule has 0 bridgehead atoms. The van der Waals surface area contributed by atoms with Crippen LogP contribution < -0.4 is 4.74 Å². The van der Waals surface area contributed by atoms with Crippen LogP contribution in [0.15, 0.2) is 33.8 Å². The molecule has 0 saturated carbocycles. The summed E-state index contributed by atoms with van der Waals surface area (Å²) in [6.45, 7) is 0. The van der Waals surface area contributed by atoms with E-state index in [2.05, 4.69) is 5.16 Å². The Kier molecular flexibility index (Phi) is 4.34. The monoisotopic (exact) mass is 329 g/mol. The predicted octanol–water partition coefficient (Wildman–Crippen LogP) is 2.17. The Morgan fingerprint density at radius 3 is 2.62 bits per heavy atom. The Balaban J connectivity index is 2.44. The molecule has 1 aromatic carbocycles. The molecule has 0 amide bonds. The quantitative estimate of drug-likeness (QED) is 0.781. The van der Waals surface area contributed by atoms with Gasteiger partial charge in [-0.3, -0.25) is 4.79 Å². The lowest BCUT2D eigenvalue weighted by Gasteiger charge is -2.11. The maximum absolute atomic E-state index is 12.2. The minimum absolute atomic E-state index is 0.0267. The summed E-state index contributed by atoms with van der Waals surface area (Å²) in [4.78, 5) is 12.1. The van der Waals surface area contributed by atoms with E-state index in [1.165, 1.54) is 25.4 Å². The van der Waals surface area contributed by atoms with Gasteiger partial charge in [0.25, 0.3) is 0 Å². The van der Waals surface area contributed by atoms with Crippen LogP contribution in [0, 0.1) is 0 Å². The van der Waals surface area contributed by atoms with Gasteiger partial charge < -0.3 is 9.26 Å². The Labute approximate surface area is 126 Å². The first-order valence-corrected chi connectivity index (χ1v) is 8.11. The SMILES string of the molecule is COc1c(S(C)(=O)=O)ccc(C(=O)Cc2ccno2)c1Cl. The summed E-state index contributed by atoms with van der Waals surface area (Å²) in [7, 11) is -2.22. The Morgan fingerprint density at radius 2 is 2.10 bits per heavy atom. The molecule has 0 fully saturated rings. The number of rotatable bonds is 5. The van der Waals surface area contributed by atoms with Crippen molar-refractivity contribution in [1.82, 2.24) is 5.16 Å². The summed E-state index contributed by atoms with van der Waals surface area (Å²) in [5, 5.41) is 3.47. The highest BCUT2D eigenvalue weighted by Gasteiger charge is 2.23. The number of halogens is 1. The molecule has 0 unspecified atom stereocenters. The minimum atomic E-state index is -3.51. The third-order valence-electron chi connectivity index (χ3n) is 2.79. The smallest absolute Gasteiger partial charge is 0.179 e. The maximum Gasteiger partial charge on any atom is 0.179 e. The highest BCUT2D eigenvalue weighted by Crippen LogP contribution is 2.35. The van der Waals surface area contributed by atoms with Crippen molar-refractivity contribution >= 4 is 27.2 Å².